The molecule has 0 aliphatic carbocycles. The number of carbonyl (C=O) groups excluding carboxylic acids is 1. The fraction of sp³-hybridized carbons (Fsp3) is 0.960. The minimum Gasteiger partial charge on any atom is -0.396 e. The van der Waals surface area contributed by atoms with Gasteiger partial charge in [-0.1, -0.05) is 104 Å². The number of carbonyl (C=O) groups is 1. The molecule has 3 atom stereocenters. The molecule has 29 heavy (non-hydrogen) atoms. The van der Waals surface area contributed by atoms with Crippen molar-refractivity contribution in [1.29, 1.82) is 0 Å². The largest absolute Gasteiger partial charge is 0.396 e. The van der Waals surface area contributed by atoms with Crippen LogP contribution in [0.15, 0.2) is 0 Å². The van der Waals surface area contributed by atoms with Gasteiger partial charge < -0.3 is 15.3 Å². The van der Waals surface area contributed by atoms with E-state index in [9.17, 15) is 20.1 Å². The van der Waals surface area contributed by atoms with Gasteiger partial charge in [0.15, 0.2) is 0 Å². The highest BCUT2D eigenvalue weighted by molar-refractivity contribution is 5.78. The van der Waals surface area contributed by atoms with E-state index in [-0.39, 0.29) is 18.8 Å². The number of aliphatic hydroxyl groups is 3. The van der Waals surface area contributed by atoms with E-state index in [0.29, 0.717) is 12.8 Å². The van der Waals surface area contributed by atoms with Crippen molar-refractivity contribution in [3.63, 3.8) is 0 Å². The normalized spacial score (nSPS) is 14.7. The van der Waals surface area contributed by atoms with E-state index < -0.39 is 18.1 Å². The van der Waals surface area contributed by atoms with Crippen LogP contribution in [0.2, 0.25) is 0 Å². The molecule has 174 valence electrons. The van der Waals surface area contributed by atoms with Crippen molar-refractivity contribution in [2.24, 2.45) is 5.92 Å². The van der Waals surface area contributed by atoms with Gasteiger partial charge in [-0.05, 0) is 12.8 Å². The van der Waals surface area contributed by atoms with E-state index in [4.69, 9.17) is 0 Å². The van der Waals surface area contributed by atoms with Gasteiger partial charge in [-0.3, -0.25) is 4.79 Å². The molecule has 4 heteroatoms. The second kappa shape index (κ2) is 20.8. The van der Waals surface area contributed by atoms with Crippen molar-refractivity contribution in [3.8, 4) is 0 Å². The van der Waals surface area contributed by atoms with Crippen LogP contribution in [0.4, 0.5) is 0 Å². The molecular weight excluding hydrogens is 364 g/mol. The summed E-state index contributed by atoms with van der Waals surface area (Å²) in [5.41, 5.74) is 0. The fourth-order valence-electron chi connectivity index (χ4n) is 3.94. The van der Waals surface area contributed by atoms with Crippen molar-refractivity contribution in [3.05, 3.63) is 0 Å². The molecule has 3 N–H and O–H groups in total. The number of aliphatic hydroxyl groups excluding tert-OH is 3. The molecule has 0 aliphatic heterocycles. The summed E-state index contributed by atoms with van der Waals surface area (Å²) >= 11 is 0. The lowest BCUT2D eigenvalue weighted by Crippen LogP contribution is -2.36. The standard InChI is InChI=1S/C25H50O4/c1-3-5-7-8-9-10-11-12-13-14-15-17-19-24(28)25(29)22(21-26)20-23(27)18-16-6-4-2/h22,24-26,28-29H,3-21H2,1-2H3/t22-,24+,25-/m0/s1. The van der Waals surface area contributed by atoms with Gasteiger partial charge in [0, 0.05) is 25.4 Å². The zero-order chi connectivity index (χ0) is 21.7. The summed E-state index contributed by atoms with van der Waals surface area (Å²) in [5, 5.41) is 30.1. The van der Waals surface area contributed by atoms with Gasteiger partial charge in [0.2, 0.25) is 0 Å². The second-order valence-corrected chi connectivity index (χ2v) is 8.88. The summed E-state index contributed by atoms with van der Waals surface area (Å²) in [7, 11) is 0. The topological polar surface area (TPSA) is 77.8 Å². The Morgan fingerprint density at radius 2 is 1.14 bits per heavy atom. The van der Waals surface area contributed by atoms with E-state index >= 15 is 0 Å². The molecule has 0 radical (unpaired) electrons. The fourth-order valence-corrected chi connectivity index (χ4v) is 3.94. The first kappa shape index (κ1) is 28.5. The monoisotopic (exact) mass is 414 g/mol. The molecule has 0 saturated carbocycles. The summed E-state index contributed by atoms with van der Waals surface area (Å²) in [6.07, 6.45) is 17.5. The van der Waals surface area contributed by atoms with Gasteiger partial charge >= 0.3 is 0 Å². The Morgan fingerprint density at radius 1 is 0.690 bits per heavy atom. The SMILES string of the molecule is CCCCCCCCCCCCCC[C@@H](O)[C@@H](O)[C@H](CO)CC(=O)CCCCC. The molecule has 0 saturated heterocycles. The minimum atomic E-state index is -1.01. The maximum Gasteiger partial charge on any atom is 0.133 e. The molecule has 0 aromatic rings. The average molecular weight is 415 g/mol. The number of unbranched alkanes of at least 4 members (excludes halogenated alkanes) is 13. The van der Waals surface area contributed by atoms with Gasteiger partial charge in [-0.2, -0.15) is 0 Å². The first-order chi connectivity index (χ1) is 14.1. The molecule has 0 bridgehead atoms. The summed E-state index contributed by atoms with van der Waals surface area (Å²) in [6, 6.07) is 0. The molecule has 0 heterocycles. The highest BCUT2D eigenvalue weighted by Gasteiger charge is 2.27. The van der Waals surface area contributed by atoms with Crippen molar-refractivity contribution in [1.82, 2.24) is 0 Å². The van der Waals surface area contributed by atoms with Crippen LogP contribution >= 0.6 is 0 Å². The maximum absolute atomic E-state index is 12.0. The predicted octanol–water partition coefficient (Wildman–Crippen LogP) is 5.95. The van der Waals surface area contributed by atoms with Crippen LogP contribution in [-0.2, 0) is 4.79 Å². The predicted molar refractivity (Wildman–Crippen MR) is 122 cm³/mol. The van der Waals surface area contributed by atoms with Crippen LogP contribution in [0.25, 0.3) is 0 Å². The lowest BCUT2D eigenvalue weighted by Gasteiger charge is -2.25. The van der Waals surface area contributed by atoms with Gasteiger partial charge in [-0.25, -0.2) is 0 Å². The zero-order valence-electron chi connectivity index (χ0n) is 19.4. The summed E-state index contributed by atoms with van der Waals surface area (Å²) < 4.78 is 0. The smallest absolute Gasteiger partial charge is 0.133 e. The molecule has 0 rings (SSSR count). The third kappa shape index (κ3) is 17.0. The number of Topliss-reactive ketones (excluding diaryl/α,β-unsaturated/α-hetero) is 1. The Hall–Kier alpha value is -0.450. The van der Waals surface area contributed by atoms with Crippen molar-refractivity contribution in [2.75, 3.05) is 6.61 Å². The molecule has 0 aromatic carbocycles. The first-order valence-corrected chi connectivity index (χ1v) is 12.5. The van der Waals surface area contributed by atoms with Crippen LogP contribution < -0.4 is 0 Å². The summed E-state index contributed by atoms with van der Waals surface area (Å²) in [6.45, 7) is 4.09. The second-order valence-electron chi connectivity index (χ2n) is 8.88. The number of ketones is 1. The highest BCUT2D eigenvalue weighted by Crippen LogP contribution is 2.19. The van der Waals surface area contributed by atoms with Gasteiger partial charge in [0.05, 0.1) is 12.2 Å². The Morgan fingerprint density at radius 3 is 1.62 bits per heavy atom. The Labute approximate surface area is 180 Å². The lowest BCUT2D eigenvalue weighted by atomic mass is 9.90. The highest BCUT2D eigenvalue weighted by atomic mass is 16.3. The van der Waals surface area contributed by atoms with Crippen LogP contribution in [-0.4, -0.2) is 39.9 Å². The molecule has 0 aromatic heterocycles. The van der Waals surface area contributed by atoms with E-state index in [0.717, 1.165) is 32.1 Å². The molecule has 0 spiro atoms. The third-order valence-electron chi connectivity index (χ3n) is 6.01. The van der Waals surface area contributed by atoms with Crippen molar-refractivity contribution in [2.45, 2.75) is 142 Å². The van der Waals surface area contributed by atoms with Gasteiger partial charge in [0.1, 0.15) is 5.78 Å². The van der Waals surface area contributed by atoms with Gasteiger partial charge in [0.25, 0.3) is 0 Å². The molecule has 0 fully saturated rings. The van der Waals surface area contributed by atoms with Gasteiger partial charge in [-0.15, -0.1) is 0 Å². The van der Waals surface area contributed by atoms with Crippen molar-refractivity contribution < 1.29 is 20.1 Å². The van der Waals surface area contributed by atoms with Crippen LogP contribution in [0, 0.1) is 5.92 Å². The molecular formula is C25H50O4. The lowest BCUT2D eigenvalue weighted by molar-refractivity contribution is -0.123. The van der Waals surface area contributed by atoms with Crippen LogP contribution in [0.5, 0.6) is 0 Å². The van der Waals surface area contributed by atoms with E-state index in [1.807, 2.05) is 0 Å². The van der Waals surface area contributed by atoms with Crippen LogP contribution in [0.1, 0.15) is 129 Å². The maximum atomic E-state index is 12.0. The number of hydrogen-bond acceptors (Lipinski definition) is 4. The zero-order valence-corrected chi connectivity index (χ0v) is 19.4. The first-order valence-electron chi connectivity index (χ1n) is 12.5. The average Bonchev–Trinajstić information content (AvgIpc) is 2.72. The molecule has 0 unspecified atom stereocenters. The minimum absolute atomic E-state index is 0.0779. The Kier molecular flexibility index (Phi) is 20.5. The van der Waals surface area contributed by atoms with E-state index in [1.54, 1.807) is 0 Å². The van der Waals surface area contributed by atoms with Crippen molar-refractivity contribution >= 4 is 5.78 Å². The Bertz CT molecular complexity index is 359. The van der Waals surface area contributed by atoms with E-state index in [2.05, 4.69) is 13.8 Å². The van der Waals surface area contributed by atoms with E-state index in [1.165, 1.54) is 64.2 Å². The molecule has 4 nitrogen and oxygen atoms in total. The number of hydrogen-bond donors (Lipinski definition) is 3. The molecule has 0 aliphatic rings. The quantitative estimate of drug-likeness (QED) is 0.191. The number of rotatable bonds is 22. The molecule has 0 amide bonds. The summed E-state index contributed by atoms with van der Waals surface area (Å²) in [5.74, 6) is -0.467. The van der Waals surface area contributed by atoms with Crippen LogP contribution in [0.3, 0.4) is 0 Å². The third-order valence-corrected chi connectivity index (χ3v) is 6.01. The Balaban J connectivity index is 3.72. The summed E-state index contributed by atoms with van der Waals surface area (Å²) in [4.78, 5) is 12.0.